The summed E-state index contributed by atoms with van der Waals surface area (Å²) in [6, 6.07) is 12.6. The van der Waals surface area contributed by atoms with Crippen molar-refractivity contribution in [2.45, 2.75) is 30.7 Å². The maximum absolute atomic E-state index is 12.4. The molecule has 2 rings (SSSR count). The Morgan fingerprint density at radius 3 is 2.60 bits per heavy atom. The molecule has 0 fully saturated rings. The lowest BCUT2D eigenvalue weighted by molar-refractivity contribution is 0.553. The van der Waals surface area contributed by atoms with Crippen LogP contribution in [0.25, 0.3) is 10.8 Å². The molecule has 0 aliphatic rings. The molecule has 5 heteroatoms. The number of hydrogen-bond acceptors (Lipinski definition) is 3. The summed E-state index contributed by atoms with van der Waals surface area (Å²) < 4.78 is 27.4. The summed E-state index contributed by atoms with van der Waals surface area (Å²) in [5, 5.41) is 1.64. The number of sulfonamides is 1. The van der Waals surface area contributed by atoms with E-state index in [0.29, 0.717) is 4.90 Å². The Bertz CT molecular complexity index is 678. The van der Waals surface area contributed by atoms with Crippen molar-refractivity contribution in [3.05, 3.63) is 42.5 Å². The van der Waals surface area contributed by atoms with Crippen LogP contribution in [0.3, 0.4) is 0 Å². The largest absolute Gasteiger partial charge is 0.327 e. The van der Waals surface area contributed by atoms with Gasteiger partial charge in [0.1, 0.15) is 0 Å². The van der Waals surface area contributed by atoms with E-state index in [9.17, 15) is 8.42 Å². The summed E-state index contributed by atoms with van der Waals surface area (Å²) in [4.78, 5) is 0.305. The molecule has 2 aromatic carbocycles. The van der Waals surface area contributed by atoms with Crippen LogP contribution >= 0.6 is 0 Å². The van der Waals surface area contributed by atoms with Crippen LogP contribution in [0.4, 0.5) is 0 Å². The molecule has 0 aliphatic carbocycles. The molecule has 4 nitrogen and oxygen atoms in total. The van der Waals surface area contributed by atoms with Gasteiger partial charge in [-0.1, -0.05) is 49.7 Å². The first kappa shape index (κ1) is 15.0. The zero-order chi connectivity index (χ0) is 14.6. The number of nitrogens with one attached hydrogen (secondary N) is 1. The van der Waals surface area contributed by atoms with Crippen LogP contribution in [0.5, 0.6) is 0 Å². The average Bonchev–Trinajstić information content (AvgIpc) is 2.45. The molecule has 0 radical (unpaired) electrons. The van der Waals surface area contributed by atoms with Gasteiger partial charge in [0, 0.05) is 18.0 Å². The van der Waals surface area contributed by atoms with E-state index in [1.807, 2.05) is 37.3 Å². The van der Waals surface area contributed by atoms with Crippen molar-refractivity contribution in [3.63, 3.8) is 0 Å². The molecule has 0 aliphatic heterocycles. The van der Waals surface area contributed by atoms with Gasteiger partial charge in [-0.15, -0.1) is 0 Å². The van der Waals surface area contributed by atoms with E-state index in [4.69, 9.17) is 5.73 Å². The van der Waals surface area contributed by atoms with Crippen molar-refractivity contribution < 1.29 is 8.42 Å². The molecular formula is C15H20N2O2S. The van der Waals surface area contributed by atoms with Crippen molar-refractivity contribution in [1.29, 1.82) is 0 Å². The molecule has 108 valence electrons. The lowest BCUT2D eigenvalue weighted by Crippen LogP contribution is -2.37. The molecule has 0 saturated carbocycles. The van der Waals surface area contributed by atoms with Crippen molar-refractivity contribution in [3.8, 4) is 0 Å². The van der Waals surface area contributed by atoms with Gasteiger partial charge in [0.25, 0.3) is 0 Å². The third kappa shape index (κ3) is 3.36. The fourth-order valence-corrected chi connectivity index (χ4v) is 3.52. The number of nitrogens with two attached hydrogens (primary N) is 1. The second-order valence-electron chi connectivity index (χ2n) is 4.88. The van der Waals surface area contributed by atoms with Gasteiger partial charge < -0.3 is 5.73 Å². The molecule has 20 heavy (non-hydrogen) atoms. The van der Waals surface area contributed by atoms with Crippen LogP contribution < -0.4 is 10.5 Å². The molecule has 0 heterocycles. The minimum absolute atomic E-state index is 0.148. The Morgan fingerprint density at radius 2 is 1.85 bits per heavy atom. The first-order valence-electron chi connectivity index (χ1n) is 6.77. The smallest absolute Gasteiger partial charge is 0.241 e. The standard InChI is InChI=1S/C15H20N2O2S/c1-2-6-13(16)11-17-20(18,19)15-10-5-8-12-7-3-4-9-14(12)15/h3-5,7-10,13,17H,2,6,11,16H2,1H3/t13-/m1/s1. The summed E-state index contributed by atoms with van der Waals surface area (Å²) in [6.07, 6.45) is 1.75. The first-order chi connectivity index (χ1) is 9.54. The molecule has 3 N–H and O–H groups in total. The zero-order valence-corrected chi connectivity index (χ0v) is 12.4. The Hall–Kier alpha value is -1.43. The van der Waals surface area contributed by atoms with E-state index < -0.39 is 10.0 Å². The van der Waals surface area contributed by atoms with Crippen LogP contribution in [0.15, 0.2) is 47.4 Å². The second-order valence-corrected chi connectivity index (χ2v) is 6.61. The summed E-state index contributed by atoms with van der Waals surface area (Å²) in [5.41, 5.74) is 5.86. The average molecular weight is 292 g/mol. The minimum Gasteiger partial charge on any atom is -0.327 e. The fraction of sp³-hybridized carbons (Fsp3) is 0.333. The molecule has 0 aromatic heterocycles. The molecule has 0 saturated heterocycles. The lowest BCUT2D eigenvalue weighted by Gasteiger charge is -2.13. The lowest BCUT2D eigenvalue weighted by atomic mass is 10.1. The summed E-state index contributed by atoms with van der Waals surface area (Å²) >= 11 is 0. The van der Waals surface area contributed by atoms with E-state index in [1.165, 1.54) is 0 Å². The predicted molar refractivity (Wildman–Crippen MR) is 82.0 cm³/mol. The van der Waals surface area contributed by atoms with Crippen molar-refractivity contribution in [1.82, 2.24) is 4.72 Å². The van der Waals surface area contributed by atoms with Gasteiger partial charge in [0.2, 0.25) is 10.0 Å². The highest BCUT2D eigenvalue weighted by molar-refractivity contribution is 7.89. The van der Waals surface area contributed by atoms with Gasteiger partial charge >= 0.3 is 0 Å². The van der Waals surface area contributed by atoms with Crippen LogP contribution in [0.2, 0.25) is 0 Å². The third-order valence-corrected chi connectivity index (χ3v) is 4.72. The Balaban J connectivity index is 2.28. The normalized spacial score (nSPS) is 13.5. The predicted octanol–water partition coefficient (Wildman–Crippen LogP) is 2.25. The van der Waals surface area contributed by atoms with Crippen LogP contribution in [0.1, 0.15) is 19.8 Å². The molecular weight excluding hydrogens is 272 g/mol. The molecule has 0 spiro atoms. The number of hydrogen-bond donors (Lipinski definition) is 2. The van der Waals surface area contributed by atoms with Gasteiger partial charge in [-0.25, -0.2) is 13.1 Å². The molecule has 0 bridgehead atoms. The summed E-state index contributed by atoms with van der Waals surface area (Å²) in [7, 11) is -3.53. The van der Waals surface area contributed by atoms with E-state index in [0.717, 1.165) is 23.6 Å². The molecule has 0 unspecified atom stereocenters. The maximum Gasteiger partial charge on any atom is 0.241 e. The minimum atomic E-state index is -3.53. The van der Waals surface area contributed by atoms with Gasteiger partial charge in [-0.2, -0.15) is 0 Å². The van der Waals surface area contributed by atoms with Crippen LogP contribution in [0, 0.1) is 0 Å². The third-order valence-electron chi connectivity index (χ3n) is 3.23. The van der Waals surface area contributed by atoms with E-state index in [1.54, 1.807) is 12.1 Å². The molecule has 2 aromatic rings. The van der Waals surface area contributed by atoms with E-state index in [-0.39, 0.29) is 12.6 Å². The van der Waals surface area contributed by atoms with Gasteiger partial charge in [-0.05, 0) is 17.9 Å². The number of rotatable bonds is 6. The Morgan fingerprint density at radius 1 is 1.15 bits per heavy atom. The summed E-state index contributed by atoms with van der Waals surface area (Å²) in [6.45, 7) is 2.29. The highest BCUT2D eigenvalue weighted by Crippen LogP contribution is 2.22. The van der Waals surface area contributed by atoms with Crippen LogP contribution in [-0.2, 0) is 10.0 Å². The zero-order valence-electron chi connectivity index (χ0n) is 11.5. The van der Waals surface area contributed by atoms with E-state index in [2.05, 4.69) is 4.72 Å². The van der Waals surface area contributed by atoms with E-state index >= 15 is 0 Å². The second kappa shape index (κ2) is 6.35. The monoisotopic (exact) mass is 292 g/mol. The SMILES string of the molecule is CCC[C@@H](N)CNS(=O)(=O)c1cccc2ccccc12. The van der Waals surface area contributed by atoms with Gasteiger partial charge in [0.15, 0.2) is 0 Å². The Labute approximate surface area is 120 Å². The van der Waals surface area contributed by atoms with Crippen LogP contribution in [-0.4, -0.2) is 21.0 Å². The van der Waals surface area contributed by atoms with Gasteiger partial charge in [-0.3, -0.25) is 0 Å². The summed E-state index contributed by atoms with van der Waals surface area (Å²) in [5.74, 6) is 0. The van der Waals surface area contributed by atoms with Crippen molar-refractivity contribution in [2.75, 3.05) is 6.54 Å². The number of benzene rings is 2. The highest BCUT2D eigenvalue weighted by Gasteiger charge is 2.17. The fourth-order valence-electron chi connectivity index (χ4n) is 2.20. The Kier molecular flexibility index (Phi) is 4.75. The van der Waals surface area contributed by atoms with Gasteiger partial charge in [0.05, 0.1) is 4.90 Å². The maximum atomic E-state index is 12.4. The molecule has 0 amide bonds. The highest BCUT2D eigenvalue weighted by atomic mass is 32.2. The number of fused-ring (bicyclic) bond motifs is 1. The van der Waals surface area contributed by atoms with Crippen molar-refractivity contribution >= 4 is 20.8 Å². The first-order valence-corrected chi connectivity index (χ1v) is 8.26. The topological polar surface area (TPSA) is 72.2 Å². The van der Waals surface area contributed by atoms with Crippen molar-refractivity contribution in [2.24, 2.45) is 5.73 Å². The molecule has 1 atom stereocenters. The quantitative estimate of drug-likeness (QED) is 0.857.